The number of rotatable bonds is 5. The van der Waals surface area contributed by atoms with Crippen molar-refractivity contribution in [2.24, 2.45) is 16.7 Å². The van der Waals surface area contributed by atoms with Crippen molar-refractivity contribution in [3.8, 4) is 0 Å². The first kappa shape index (κ1) is 23.2. The van der Waals surface area contributed by atoms with Gasteiger partial charge in [0.25, 0.3) is 0 Å². The number of hydrogen-bond donors (Lipinski definition) is 0. The second-order valence-corrected chi connectivity index (χ2v) is 13.8. The minimum atomic E-state index is 0.208. The van der Waals surface area contributed by atoms with Crippen LogP contribution in [0.4, 0.5) is 0 Å². The van der Waals surface area contributed by atoms with Gasteiger partial charge in [-0.15, -0.1) is 0 Å². The van der Waals surface area contributed by atoms with Crippen LogP contribution in [0.5, 0.6) is 0 Å². The first-order valence-electron chi connectivity index (χ1n) is 12.0. The molecule has 0 heterocycles. The lowest BCUT2D eigenvalue weighted by atomic mass is 9.48. The molecule has 0 radical (unpaired) electrons. The normalized spacial score (nSPS) is 31.7. The summed E-state index contributed by atoms with van der Waals surface area (Å²) in [6.07, 6.45) is 11.7. The molecule has 0 aliphatic heterocycles. The SMILES string of the molecule is CCCc1c(CSC)cc(C(C)(C)C)cc1C1(C)CC2CC(C)(C)CC(C)(C2)C1. The van der Waals surface area contributed by atoms with Crippen LogP contribution in [-0.4, -0.2) is 6.26 Å². The Hall–Kier alpha value is -0.430. The third-order valence-corrected chi connectivity index (χ3v) is 8.34. The molecule has 164 valence electrons. The molecule has 0 amide bonds. The number of fused-ring (bicyclic) bond motifs is 2. The Labute approximate surface area is 186 Å². The average Bonchev–Trinajstić information content (AvgIpc) is 2.52. The molecule has 0 nitrogen and oxygen atoms in total. The van der Waals surface area contributed by atoms with E-state index in [1.165, 1.54) is 44.9 Å². The second kappa shape index (κ2) is 7.92. The lowest BCUT2D eigenvalue weighted by molar-refractivity contribution is -0.0211. The minimum Gasteiger partial charge on any atom is -0.161 e. The number of benzene rings is 1. The van der Waals surface area contributed by atoms with Crippen LogP contribution in [0, 0.1) is 16.7 Å². The molecule has 29 heavy (non-hydrogen) atoms. The van der Waals surface area contributed by atoms with Crippen LogP contribution in [0.25, 0.3) is 0 Å². The largest absolute Gasteiger partial charge is 0.161 e. The molecule has 2 saturated carbocycles. The molecule has 0 spiro atoms. The van der Waals surface area contributed by atoms with E-state index in [2.05, 4.69) is 73.8 Å². The van der Waals surface area contributed by atoms with Crippen molar-refractivity contribution < 1.29 is 0 Å². The molecule has 1 heteroatoms. The highest BCUT2D eigenvalue weighted by Crippen LogP contribution is 2.61. The maximum absolute atomic E-state index is 2.64. The van der Waals surface area contributed by atoms with Crippen LogP contribution in [0.3, 0.4) is 0 Å². The summed E-state index contributed by atoms with van der Waals surface area (Å²) in [7, 11) is 0. The molecule has 2 fully saturated rings. The van der Waals surface area contributed by atoms with E-state index in [1.807, 2.05) is 11.8 Å². The van der Waals surface area contributed by atoms with Crippen LogP contribution in [0.1, 0.15) is 116 Å². The van der Waals surface area contributed by atoms with Gasteiger partial charge < -0.3 is 0 Å². The molecule has 1 aromatic carbocycles. The van der Waals surface area contributed by atoms with Gasteiger partial charge in [0.05, 0.1) is 0 Å². The summed E-state index contributed by atoms with van der Waals surface area (Å²) in [5, 5.41) is 0. The lowest BCUT2D eigenvalue weighted by Gasteiger charge is -2.56. The highest BCUT2D eigenvalue weighted by atomic mass is 32.2. The van der Waals surface area contributed by atoms with Crippen molar-refractivity contribution in [3.63, 3.8) is 0 Å². The Balaban J connectivity index is 2.14. The summed E-state index contributed by atoms with van der Waals surface area (Å²) < 4.78 is 0. The Morgan fingerprint density at radius 2 is 1.69 bits per heavy atom. The Morgan fingerprint density at radius 1 is 1.00 bits per heavy atom. The first-order chi connectivity index (χ1) is 13.3. The molecule has 3 unspecified atom stereocenters. The van der Waals surface area contributed by atoms with Gasteiger partial charge in [-0.05, 0) is 94.6 Å². The summed E-state index contributed by atoms with van der Waals surface area (Å²) in [6, 6.07) is 5.19. The molecule has 0 saturated heterocycles. The van der Waals surface area contributed by atoms with Crippen molar-refractivity contribution in [1.29, 1.82) is 0 Å². The Kier molecular flexibility index (Phi) is 6.35. The van der Waals surface area contributed by atoms with Crippen molar-refractivity contribution >= 4 is 11.8 Å². The topological polar surface area (TPSA) is 0 Å². The molecule has 3 rings (SSSR count). The Morgan fingerprint density at radius 3 is 2.24 bits per heavy atom. The van der Waals surface area contributed by atoms with E-state index in [1.54, 1.807) is 22.3 Å². The third-order valence-electron chi connectivity index (χ3n) is 7.74. The zero-order chi connectivity index (χ0) is 21.7. The predicted molar refractivity (Wildman–Crippen MR) is 132 cm³/mol. The van der Waals surface area contributed by atoms with Crippen LogP contribution < -0.4 is 0 Å². The van der Waals surface area contributed by atoms with Crippen molar-refractivity contribution in [2.75, 3.05) is 6.26 Å². The highest BCUT2D eigenvalue weighted by molar-refractivity contribution is 7.97. The van der Waals surface area contributed by atoms with E-state index in [0.717, 1.165) is 11.7 Å². The van der Waals surface area contributed by atoms with E-state index in [9.17, 15) is 0 Å². The van der Waals surface area contributed by atoms with Gasteiger partial charge in [-0.25, -0.2) is 0 Å². The van der Waals surface area contributed by atoms with E-state index in [0.29, 0.717) is 16.2 Å². The summed E-state index contributed by atoms with van der Waals surface area (Å²) in [6.45, 7) is 19.8. The first-order valence-corrected chi connectivity index (χ1v) is 13.4. The van der Waals surface area contributed by atoms with E-state index in [4.69, 9.17) is 0 Å². The van der Waals surface area contributed by atoms with Gasteiger partial charge in [-0.1, -0.05) is 73.9 Å². The zero-order valence-corrected chi connectivity index (χ0v) is 21.6. The fourth-order valence-electron chi connectivity index (χ4n) is 7.52. The number of thioether (sulfide) groups is 1. The van der Waals surface area contributed by atoms with Gasteiger partial charge in [0.1, 0.15) is 0 Å². The van der Waals surface area contributed by atoms with E-state index >= 15 is 0 Å². The smallest absolute Gasteiger partial charge is 0.0184 e. The average molecular weight is 415 g/mol. The quantitative estimate of drug-likeness (QED) is 0.464. The van der Waals surface area contributed by atoms with Crippen LogP contribution in [-0.2, 0) is 23.0 Å². The van der Waals surface area contributed by atoms with Gasteiger partial charge in [-0.2, -0.15) is 11.8 Å². The van der Waals surface area contributed by atoms with Gasteiger partial charge in [0.2, 0.25) is 0 Å². The summed E-state index contributed by atoms with van der Waals surface area (Å²) in [4.78, 5) is 0. The van der Waals surface area contributed by atoms with Crippen LogP contribution in [0.15, 0.2) is 12.1 Å². The summed E-state index contributed by atoms with van der Waals surface area (Å²) >= 11 is 1.98. The molecule has 3 atom stereocenters. The monoisotopic (exact) mass is 414 g/mol. The molecule has 1 aromatic rings. The maximum atomic E-state index is 2.64. The molecule has 2 aliphatic carbocycles. The van der Waals surface area contributed by atoms with Crippen molar-refractivity contribution in [2.45, 2.75) is 117 Å². The minimum absolute atomic E-state index is 0.208. The predicted octanol–water partition coefficient (Wildman–Crippen LogP) is 8.68. The molecular formula is C28H46S. The molecule has 2 bridgehead atoms. The Bertz CT molecular complexity index is 735. The summed E-state index contributed by atoms with van der Waals surface area (Å²) in [5.74, 6) is 2.04. The van der Waals surface area contributed by atoms with Crippen LogP contribution in [0.2, 0.25) is 0 Å². The zero-order valence-electron chi connectivity index (χ0n) is 20.8. The lowest BCUT2D eigenvalue weighted by Crippen LogP contribution is -2.47. The van der Waals surface area contributed by atoms with Crippen molar-refractivity contribution in [3.05, 3.63) is 34.4 Å². The van der Waals surface area contributed by atoms with Gasteiger partial charge in [-0.3, -0.25) is 0 Å². The second-order valence-electron chi connectivity index (χ2n) is 13.0. The van der Waals surface area contributed by atoms with Gasteiger partial charge >= 0.3 is 0 Å². The highest BCUT2D eigenvalue weighted by Gasteiger charge is 2.51. The fourth-order valence-corrected chi connectivity index (χ4v) is 8.09. The third kappa shape index (κ3) is 4.91. The summed E-state index contributed by atoms with van der Waals surface area (Å²) in [5.41, 5.74) is 8.12. The molecule has 2 aliphatic rings. The van der Waals surface area contributed by atoms with E-state index in [-0.39, 0.29) is 5.41 Å². The number of hydrogen-bond acceptors (Lipinski definition) is 1. The van der Waals surface area contributed by atoms with Crippen LogP contribution >= 0.6 is 11.8 Å². The fraction of sp³-hybridized carbons (Fsp3) is 0.786. The standard InChI is InChI=1S/C28H46S/c1-10-11-23-21(17-29-9)12-22(25(2,3)4)13-24(23)28(8)16-20-14-26(5,6)18-27(7,15-20)19-28/h12-13,20H,10-11,14-19H2,1-9H3. The van der Waals surface area contributed by atoms with Crippen molar-refractivity contribution in [1.82, 2.24) is 0 Å². The van der Waals surface area contributed by atoms with E-state index < -0.39 is 0 Å². The van der Waals surface area contributed by atoms with Gasteiger partial charge in [0.15, 0.2) is 0 Å². The van der Waals surface area contributed by atoms with Gasteiger partial charge in [0, 0.05) is 5.75 Å². The molecule has 0 N–H and O–H groups in total. The maximum Gasteiger partial charge on any atom is 0.0184 e. The molecular weight excluding hydrogens is 368 g/mol. The molecule has 0 aromatic heterocycles.